The van der Waals surface area contributed by atoms with E-state index in [2.05, 4.69) is 4.74 Å². The molecule has 10 heteroatoms. The van der Waals surface area contributed by atoms with E-state index in [4.69, 9.17) is 9.47 Å². The van der Waals surface area contributed by atoms with Gasteiger partial charge in [0.1, 0.15) is 23.0 Å². The number of carbonyl (C=O) groups excluding carboxylic acids is 2. The Morgan fingerprint density at radius 2 is 1.53 bits per heavy atom. The maximum absolute atomic E-state index is 13.2. The minimum Gasteiger partial charge on any atom is -0.507 e. The van der Waals surface area contributed by atoms with Crippen LogP contribution in [0.5, 0.6) is 17.2 Å². The van der Waals surface area contributed by atoms with Crippen LogP contribution in [-0.4, -0.2) is 37.4 Å². The number of aliphatic hydroxyl groups is 1. The molecule has 0 aromatic heterocycles. The zero-order valence-electron chi connectivity index (χ0n) is 19.1. The molecule has 4 rings (SSSR count). The zero-order chi connectivity index (χ0) is 26.0. The van der Waals surface area contributed by atoms with Crippen molar-refractivity contribution in [2.75, 3.05) is 19.1 Å². The fraction of sp³-hybridized carbons (Fsp3) is 0.154. The van der Waals surface area contributed by atoms with Gasteiger partial charge in [0.2, 0.25) is 0 Å². The van der Waals surface area contributed by atoms with E-state index in [1.165, 1.54) is 32.4 Å². The molecule has 0 aliphatic carbocycles. The van der Waals surface area contributed by atoms with Crippen LogP contribution in [-0.2, 0) is 9.59 Å². The van der Waals surface area contributed by atoms with E-state index in [0.29, 0.717) is 11.3 Å². The normalized spacial score (nSPS) is 17.2. The van der Waals surface area contributed by atoms with Crippen molar-refractivity contribution < 1.29 is 42.1 Å². The highest BCUT2D eigenvalue weighted by Gasteiger charge is 2.47. The van der Waals surface area contributed by atoms with Crippen LogP contribution in [0.2, 0.25) is 0 Å². The molecule has 1 unspecified atom stereocenters. The minimum absolute atomic E-state index is 0.129. The molecule has 1 amide bonds. The van der Waals surface area contributed by atoms with Crippen molar-refractivity contribution >= 4 is 23.1 Å². The van der Waals surface area contributed by atoms with Crippen LogP contribution in [0.4, 0.5) is 18.9 Å². The third kappa shape index (κ3) is 4.70. The lowest BCUT2D eigenvalue weighted by molar-refractivity contribution is -0.274. The average Bonchev–Trinajstić information content (AvgIpc) is 3.13. The standard InChI is InChI=1S/C26H20F3NO6/c1-34-18-12-13-20(35-2)19(14-18)23(31)21-22(15-6-4-3-5-7-15)30(25(33)24(21)32)16-8-10-17(11-9-16)36-26(27,28)29/h3-14,22,31H,1-2H3/b23-21+. The van der Waals surface area contributed by atoms with E-state index >= 15 is 0 Å². The van der Waals surface area contributed by atoms with Gasteiger partial charge in [-0.25, -0.2) is 0 Å². The number of anilines is 1. The molecule has 1 N–H and O–H groups in total. The summed E-state index contributed by atoms with van der Waals surface area (Å²) in [5.74, 6) is -2.29. The maximum Gasteiger partial charge on any atom is 0.573 e. The number of Topliss-reactive ketones (excluding diaryl/α,β-unsaturated/α-hetero) is 1. The average molecular weight is 499 g/mol. The highest BCUT2D eigenvalue weighted by Crippen LogP contribution is 2.44. The molecule has 0 saturated carbocycles. The first-order valence-electron chi connectivity index (χ1n) is 10.6. The molecule has 36 heavy (non-hydrogen) atoms. The number of benzene rings is 3. The van der Waals surface area contributed by atoms with Gasteiger partial charge >= 0.3 is 6.36 Å². The smallest absolute Gasteiger partial charge is 0.507 e. The fourth-order valence-corrected chi connectivity index (χ4v) is 4.00. The molecule has 1 aliphatic heterocycles. The topological polar surface area (TPSA) is 85.3 Å². The molecular weight excluding hydrogens is 479 g/mol. The first-order valence-corrected chi connectivity index (χ1v) is 10.6. The van der Waals surface area contributed by atoms with Crippen molar-refractivity contribution in [2.24, 2.45) is 0 Å². The highest BCUT2D eigenvalue weighted by atomic mass is 19.4. The van der Waals surface area contributed by atoms with Crippen LogP contribution in [0.15, 0.2) is 78.4 Å². The third-order valence-corrected chi connectivity index (χ3v) is 5.57. The molecule has 186 valence electrons. The van der Waals surface area contributed by atoms with E-state index in [9.17, 15) is 27.9 Å². The summed E-state index contributed by atoms with van der Waals surface area (Å²) in [5, 5.41) is 11.3. The van der Waals surface area contributed by atoms with Gasteiger partial charge in [-0.05, 0) is 48.0 Å². The molecule has 1 saturated heterocycles. The summed E-state index contributed by atoms with van der Waals surface area (Å²) in [6.07, 6.45) is -4.88. The molecular formula is C26H20F3NO6. The van der Waals surface area contributed by atoms with E-state index in [1.807, 2.05) is 0 Å². The summed E-state index contributed by atoms with van der Waals surface area (Å²) < 4.78 is 52.2. The largest absolute Gasteiger partial charge is 0.573 e. The van der Waals surface area contributed by atoms with Crippen molar-refractivity contribution in [3.63, 3.8) is 0 Å². The number of amides is 1. The van der Waals surface area contributed by atoms with Crippen molar-refractivity contribution in [3.8, 4) is 17.2 Å². The van der Waals surface area contributed by atoms with Gasteiger partial charge in [-0.2, -0.15) is 0 Å². The van der Waals surface area contributed by atoms with Gasteiger partial charge < -0.3 is 19.3 Å². The summed E-state index contributed by atoms with van der Waals surface area (Å²) in [5.41, 5.74) is 0.547. The van der Waals surface area contributed by atoms with Crippen molar-refractivity contribution in [1.29, 1.82) is 0 Å². The minimum atomic E-state index is -4.88. The molecule has 7 nitrogen and oxygen atoms in total. The number of rotatable bonds is 6. The summed E-state index contributed by atoms with van der Waals surface area (Å²) in [6, 6.07) is 16.5. The molecule has 0 radical (unpaired) electrons. The van der Waals surface area contributed by atoms with E-state index in [1.54, 1.807) is 42.5 Å². The fourth-order valence-electron chi connectivity index (χ4n) is 4.00. The summed E-state index contributed by atoms with van der Waals surface area (Å²) in [6.45, 7) is 0. The van der Waals surface area contributed by atoms with Crippen LogP contribution in [0, 0.1) is 0 Å². The van der Waals surface area contributed by atoms with Crippen LogP contribution in [0.25, 0.3) is 5.76 Å². The van der Waals surface area contributed by atoms with E-state index < -0.39 is 35.6 Å². The van der Waals surface area contributed by atoms with Crippen LogP contribution >= 0.6 is 0 Å². The number of alkyl halides is 3. The molecule has 1 aliphatic rings. The van der Waals surface area contributed by atoms with Gasteiger partial charge in [0.15, 0.2) is 0 Å². The Bertz CT molecular complexity index is 1320. The first kappa shape index (κ1) is 24.6. The Morgan fingerprint density at radius 3 is 2.11 bits per heavy atom. The molecule has 1 fully saturated rings. The second-order valence-electron chi connectivity index (χ2n) is 7.69. The van der Waals surface area contributed by atoms with Crippen LogP contribution in [0.3, 0.4) is 0 Å². The van der Waals surface area contributed by atoms with Crippen molar-refractivity contribution in [1.82, 2.24) is 0 Å². The Balaban J connectivity index is 1.88. The van der Waals surface area contributed by atoms with Gasteiger partial charge in [0.25, 0.3) is 11.7 Å². The van der Waals surface area contributed by atoms with Gasteiger partial charge in [0.05, 0.1) is 31.4 Å². The molecule has 1 heterocycles. The quantitative estimate of drug-likeness (QED) is 0.284. The number of aliphatic hydroxyl groups excluding tert-OH is 1. The Kier molecular flexibility index (Phi) is 6.61. The SMILES string of the molecule is COc1ccc(OC)c(/C(O)=C2\C(=O)C(=O)N(c3ccc(OC(F)(F)F)cc3)C2c2ccccc2)c1. The first-order chi connectivity index (χ1) is 17.1. The monoisotopic (exact) mass is 499 g/mol. The summed E-state index contributed by atoms with van der Waals surface area (Å²) in [7, 11) is 2.82. The van der Waals surface area contributed by atoms with Crippen LogP contribution < -0.4 is 19.1 Å². The van der Waals surface area contributed by atoms with Gasteiger partial charge in [0, 0.05) is 5.69 Å². The van der Waals surface area contributed by atoms with Gasteiger partial charge in [-0.3, -0.25) is 14.5 Å². The number of nitrogens with zero attached hydrogens (tertiary/aromatic N) is 1. The number of methoxy groups -OCH3 is 2. The van der Waals surface area contributed by atoms with E-state index in [0.717, 1.165) is 17.0 Å². The van der Waals surface area contributed by atoms with Gasteiger partial charge in [-0.15, -0.1) is 13.2 Å². The predicted octanol–water partition coefficient (Wildman–Crippen LogP) is 5.23. The highest BCUT2D eigenvalue weighted by molar-refractivity contribution is 6.51. The number of ketones is 1. The molecule has 0 bridgehead atoms. The summed E-state index contributed by atoms with van der Waals surface area (Å²) in [4.78, 5) is 27.6. The number of ether oxygens (including phenoxy) is 3. The third-order valence-electron chi connectivity index (χ3n) is 5.57. The Labute approximate surface area is 203 Å². The second kappa shape index (κ2) is 9.65. The zero-order valence-corrected chi connectivity index (χ0v) is 19.1. The predicted molar refractivity (Wildman–Crippen MR) is 124 cm³/mol. The van der Waals surface area contributed by atoms with E-state index in [-0.39, 0.29) is 22.6 Å². The Hall–Kier alpha value is -4.47. The van der Waals surface area contributed by atoms with Crippen molar-refractivity contribution in [2.45, 2.75) is 12.4 Å². The Morgan fingerprint density at radius 1 is 0.889 bits per heavy atom. The lowest BCUT2D eigenvalue weighted by atomic mass is 9.94. The summed E-state index contributed by atoms with van der Waals surface area (Å²) >= 11 is 0. The van der Waals surface area contributed by atoms with Crippen LogP contribution in [0.1, 0.15) is 17.2 Å². The lowest BCUT2D eigenvalue weighted by Crippen LogP contribution is -2.29. The molecule has 0 spiro atoms. The second-order valence-corrected chi connectivity index (χ2v) is 7.69. The number of carbonyl (C=O) groups is 2. The maximum atomic E-state index is 13.2. The molecule has 3 aromatic carbocycles. The molecule has 3 aromatic rings. The lowest BCUT2D eigenvalue weighted by Gasteiger charge is -2.25. The van der Waals surface area contributed by atoms with Crippen molar-refractivity contribution in [3.05, 3.63) is 89.5 Å². The number of hydrogen-bond donors (Lipinski definition) is 1. The van der Waals surface area contributed by atoms with Gasteiger partial charge in [-0.1, -0.05) is 30.3 Å². The molecule has 1 atom stereocenters. The number of halogens is 3. The number of hydrogen-bond acceptors (Lipinski definition) is 6.